The Bertz CT molecular complexity index is 599. The van der Waals surface area contributed by atoms with Gasteiger partial charge in [0.2, 0.25) is 0 Å². The SMILES string of the molecule is Cc1ccc(C(=O)NNC(=O)c2cccn2C)cc1. The standard InChI is InChI=1S/C14H15N3O2/c1-10-5-7-11(8-6-10)13(18)15-16-14(19)12-4-3-9-17(12)2/h3-9H,1-2H3,(H,15,18)(H,16,19). The highest BCUT2D eigenvalue weighted by atomic mass is 16.2. The van der Waals surface area contributed by atoms with Crippen LogP contribution in [0, 0.1) is 6.92 Å². The quantitative estimate of drug-likeness (QED) is 0.799. The van der Waals surface area contributed by atoms with E-state index in [0.717, 1.165) is 5.56 Å². The molecule has 0 radical (unpaired) electrons. The maximum absolute atomic E-state index is 11.8. The first kappa shape index (κ1) is 12.9. The van der Waals surface area contributed by atoms with Crippen LogP contribution in [0.2, 0.25) is 0 Å². The Hall–Kier alpha value is -2.56. The van der Waals surface area contributed by atoms with Crippen molar-refractivity contribution in [1.29, 1.82) is 0 Å². The van der Waals surface area contributed by atoms with Crippen LogP contribution in [0.15, 0.2) is 42.6 Å². The van der Waals surface area contributed by atoms with E-state index in [4.69, 9.17) is 0 Å². The molecular formula is C14H15N3O2. The lowest BCUT2D eigenvalue weighted by Gasteiger charge is -2.08. The lowest BCUT2D eigenvalue weighted by atomic mass is 10.1. The van der Waals surface area contributed by atoms with Crippen LogP contribution in [0.1, 0.15) is 26.4 Å². The van der Waals surface area contributed by atoms with Gasteiger partial charge >= 0.3 is 0 Å². The van der Waals surface area contributed by atoms with E-state index in [1.165, 1.54) is 0 Å². The van der Waals surface area contributed by atoms with E-state index in [1.54, 1.807) is 42.1 Å². The van der Waals surface area contributed by atoms with Crippen LogP contribution in [0.5, 0.6) is 0 Å². The van der Waals surface area contributed by atoms with E-state index in [9.17, 15) is 9.59 Å². The molecule has 5 heteroatoms. The number of carbonyl (C=O) groups excluding carboxylic acids is 2. The summed E-state index contributed by atoms with van der Waals surface area (Å²) >= 11 is 0. The van der Waals surface area contributed by atoms with Gasteiger partial charge in [-0.15, -0.1) is 0 Å². The summed E-state index contributed by atoms with van der Waals surface area (Å²) in [4.78, 5) is 23.6. The molecule has 1 aromatic carbocycles. The highest BCUT2D eigenvalue weighted by Crippen LogP contribution is 2.02. The average molecular weight is 257 g/mol. The number of amides is 2. The molecule has 0 saturated heterocycles. The molecule has 5 nitrogen and oxygen atoms in total. The molecule has 0 saturated carbocycles. The Labute approximate surface area is 111 Å². The minimum Gasteiger partial charge on any atom is -0.347 e. The maximum atomic E-state index is 11.8. The van der Waals surface area contributed by atoms with Gasteiger partial charge in [-0.05, 0) is 31.2 Å². The number of hydrogen-bond donors (Lipinski definition) is 2. The van der Waals surface area contributed by atoms with Crippen molar-refractivity contribution in [2.24, 2.45) is 7.05 Å². The van der Waals surface area contributed by atoms with Crippen LogP contribution in [-0.4, -0.2) is 16.4 Å². The second-order valence-corrected chi connectivity index (χ2v) is 4.28. The second kappa shape index (κ2) is 5.39. The van der Waals surface area contributed by atoms with Crippen molar-refractivity contribution >= 4 is 11.8 Å². The highest BCUT2D eigenvalue weighted by Gasteiger charge is 2.10. The van der Waals surface area contributed by atoms with Crippen molar-refractivity contribution in [3.8, 4) is 0 Å². The van der Waals surface area contributed by atoms with Crippen LogP contribution >= 0.6 is 0 Å². The van der Waals surface area contributed by atoms with Crippen LogP contribution in [0.3, 0.4) is 0 Å². The Morgan fingerprint density at radius 1 is 1.00 bits per heavy atom. The summed E-state index contributed by atoms with van der Waals surface area (Å²) in [6, 6.07) is 10.5. The largest absolute Gasteiger partial charge is 0.347 e. The van der Waals surface area contributed by atoms with Gasteiger partial charge in [0.25, 0.3) is 11.8 Å². The fraction of sp³-hybridized carbons (Fsp3) is 0.143. The Morgan fingerprint density at radius 2 is 1.63 bits per heavy atom. The molecule has 0 atom stereocenters. The molecule has 98 valence electrons. The first-order chi connectivity index (χ1) is 9.08. The zero-order valence-corrected chi connectivity index (χ0v) is 10.8. The topological polar surface area (TPSA) is 63.1 Å². The van der Waals surface area contributed by atoms with Gasteiger partial charge in [-0.25, -0.2) is 0 Å². The van der Waals surface area contributed by atoms with E-state index < -0.39 is 0 Å². The lowest BCUT2D eigenvalue weighted by Crippen LogP contribution is -2.42. The lowest BCUT2D eigenvalue weighted by molar-refractivity contribution is 0.0842. The molecule has 0 aliphatic carbocycles. The minimum absolute atomic E-state index is 0.345. The van der Waals surface area contributed by atoms with E-state index in [2.05, 4.69) is 10.9 Å². The fourth-order valence-corrected chi connectivity index (χ4v) is 1.65. The number of aromatic nitrogens is 1. The summed E-state index contributed by atoms with van der Waals surface area (Å²) in [7, 11) is 1.76. The summed E-state index contributed by atoms with van der Waals surface area (Å²) < 4.78 is 1.67. The van der Waals surface area contributed by atoms with E-state index in [-0.39, 0.29) is 11.8 Å². The number of nitrogens with zero attached hydrogens (tertiary/aromatic N) is 1. The zero-order chi connectivity index (χ0) is 13.8. The summed E-state index contributed by atoms with van der Waals surface area (Å²) in [5.74, 6) is -0.699. The third-order valence-electron chi connectivity index (χ3n) is 2.78. The molecule has 19 heavy (non-hydrogen) atoms. The van der Waals surface area contributed by atoms with Crippen molar-refractivity contribution in [3.63, 3.8) is 0 Å². The van der Waals surface area contributed by atoms with Crippen molar-refractivity contribution in [1.82, 2.24) is 15.4 Å². The van der Waals surface area contributed by atoms with Gasteiger partial charge in [-0.2, -0.15) is 0 Å². The fourth-order valence-electron chi connectivity index (χ4n) is 1.65. The molecule has 0 bridgehead atoms. The van der Waals surface area contributed by atoms with Gasteiger partial charge in [0.05, 0.1) is 0 Å². The van der Waals surface area contributed by atoms with Crippen molar-refractivity contribution in [2.75, 3.05) is 0 Å². The molecule has 2 N–H and O–H groups in total. The molecule has 0 aliphatic rings. The van der Waals surface area contributed by atoms with E-state index in [0.29, 0.717) is 11.3 Å². The molecule has 0 aliphatic heterocycles. The van der Waals surface area contributed by atoms with Gasteiger partial charge in [0.1, 0.15) is 5.69 Å². The van der Waals surface area contributed by atoms with E-state index in [1.807, 2.05) is 19.1 Å². The molecule has 2 amide bonds. The van der Waals surface area contributed by atoms with Gasteiger partial charge in [-0.1, -0.05) is 17.7 Å². The van der Waals surface area contributed by atoms with Gasteiger partial charge in [0.15, 0.2) is 0 Å². The Morgan fingerprint density at radius 3 is 2.21 bits per heavy atom. The summed E-state index contributed by atoms with van der Waals surface area (Å²) in [6.07, 6.45) is 1.76. The second-order valence-electron chi connectivity index (χ2n) is 4.28. The zero-order valence-electron chi connectivity index (χ0n) is 10.8. The van der Waals surface area contributed by atoms with Gasteiger partial charge < -0.3 is 4.57 Å². The molecule has 2 aromatic rings. The summed E-state index contributed by atoms with van der Waals surface area (Å²) in [5, 5.41) is 0. The molecule has 1 heterocycles. The minimum atomic E-state index is -0.354. The summed E-state index contributed by atoms with van der Waals surface area (Å²) in [5.41, 5.74) is 6.81. The number of rotatable bonds is 2. The van der Waals surface area contributed by atoms with Crippen LogP contribution in [0.25, 0.3) is 0 Å². The number of benzene rings is 1. The molecule has 0 fully saturated rings. The number of carbonyl (C=O) groups is 2. The normalized spacial score (nSPS) is 10.0. The van der Waals surface area contributed by atoms with Crippen LogP contribution < -0.4 is 10.9 Å². The molecule has 1 aromatic heterocycles. The monoisotopic (exact) mass is 257 g/mol. The summed E-state index contributed by atoms with van der Waals surface area (Å²) in [6.45, 7) is 1.94. The first-order valence-corrected chi connectivity index (χ1v) is 5.86. The van der Waals surface area contributed by atoms with E-state index >= 15 is 0 Å². The van der Waals surface area contributed by atoms with Crippen molar-refractivity contribution in [3.05, 3.63) is 59.4 Å². The Balaban J connectivity index is 1.96. The first-order valence-electron chi connectivity index (χ1n) is 5.86. The smallest absolute Gasteiger partial charge is 0.286 e. The number of hydrazine groups is 1. The predicted octanol–water partition coefficient (Wildman–Crippen LogP) is 1.41. The average Bonchev–Trinajstić information content (AvgIpc) is 2.83. The number of aryl methyl sites for hydroxylation is 2. The molecule has 2 rings (SSSR count). The third-order valence-corrected chi connectivity index (χ3v) is 2.78. The van der Waals surface area contributed by atoms with Gasteiger partial charge in [-0.3, -0.25) is 20.4 Å². The third kappa shape index (κ3) is 3.01. The van der Waals surface area contributed by atoms with Crippen molar-refractivity contribution in [2.45, 2.75) is 6.92 Å². The Kier molecular flexibility index (Phi) is 3.66. The number of hydrogen-bond acceptors (Lipinski definition) is 2. The maximum Gasteiger partial charge on any atom is 0.286 e. The highest BCUT2D eigenvalue weighted by molar-refractivity contribution is 5.98. The van der Waals surface area contributed by atoms with Crippen LogP contribution in [-0.2, 0) is 7.05 Å². The van der Waals surface area contributed by atoms with Gasteiger partial charge in [0, 0.05) is 18.8 Å². The molecule has 0 unspecified atom stereocenters. The van der Waals surface area contributed by atoms with Crippen molar-refractivity contribution < 1.29 is 9.59 Å². The number of nitrogens with one attached hydrogen (secondary N) is 2. The predicted molar refractivity (Wildman–Crippen MR) is 71.5 cm³/mol. The van der Waals surface area contributed by atoms with Crippen LogP contribution in [0.4, 0.5) is 0 Å². The molecule has 0 spiro atoms. The molecular weight excluding hydrogens is 242 g/mol.